The summed E-state index contributed by atoms with van der Waals surface area (Å²) in [6.45, 7) is 6.57. The van der Waals surface area contributed by atoms with Crippen molar-refractivity contribution in [2.24, 2.45) is 0 Å². The number of ether oxygens (including phenoxy) is 4. The lowest BCUT2D eigenvalue weighted by Crippen LogP contribution is -2.41. The molecule has 2 aromatic carbocycles. The highest BCUT2D eigenvalue weighted by molar-refractivity contribution is 7.80. The Morgan fingerprint density at radius 1 is 1.00 bits per heavy atom. The zero-order valence-electron chi connectivity index (χ0n) is 22.6. The standard InChI is InChI=1S/C29H31FN2O6S/c1-16-7-9-20(10-8-16)25(22-12-11-21(30)15-24(22)36-6)18(3)37-29(34)17(2)32-28(39)26-27(38-19(4)33)23(35-5)13-14-31-26/h7-15,17-18,25H,1-6H3,(H,32,39)/t17-,18-,25-/m0/s1. The van der Waals surface area contributed by atoms with Gasteiger partial charge in [0.2, 0.25) is 5.75 Å². The molecule has 206 valence electrons. The number of rotatable bonds is 10. The lowest BCUT2D eigenvalue weighted by molar-refractivity contribution is -0.150. The van der Waals surface area contributed by atoms with Crippen LogP contribution in [0, 0.1) is 12.7 Å². The highest BCUT2D eigenvalue weighted by atomic mass is 32.1. The van der Waals surface area contributed by atoms with Crippen LogP contribution in [0.25, 0.3) is 0 Å². The van der Waals surface area contributed by atoms with Crippen LogP contribution < -0.4 is 19.5 Å². The van der Waals surface area contributed by atoms with Crippen molar-refractivity contribution in [3.8, 4) is 17.2 Å². The van der Waals surface area contributed by atoms with Crippen molar-refractivity contribution >= 4 is 29.1 Å². The third-order valence-electron chi connectivity index (χ3n) is 5.99. The summed E-state index contributed by atoms with van der Waals surface area (Å²) < 4.78 is 35.8. The van der Waals surface area contributed by atoms with Gasteiger partial charge in [-0.15, -0.1) is 0 Å². The summed E-state index contributed by atoms with van der Waals surface area (Å²) in [4.78, 5) is 29.0. The lowest BCUT2D eigenvalue weighted by Gasteiger charge is -2.28. The summed E-state index contributed by atoms with van der Waals surface area (Å²) in [5.41, 5.74) is 2.75. The quantitative estimate of drug-likeness (QED) is 0.278. The molecule has 1 heterocycles. The van der Waals surface area contributed by atoms with Crippen molar-refractivity contribution < 1.29 is 32.9 Å². The zero-order chi connectivity index (χ0) is 28.7. The second-order valence-corrected chi connectivity index (χ2v) is 9.30. The number of aromatic nitrogens is 1. The molecule has 0 saturated heterocycles. The van der Waals surface area contributed by atoms with E-state index in [9.17, 15) is 14.0 Å². The number of carbonyl (C=O) groups is 2. The summed E-state index contributed by atoms with van der Waals surface area (Å²) in [7, 11) is 2.88. The molecular weight excluding hydrogens is 523 g/mol. The van der Waals surface area contributed by atoms with E-state index in [4.69, 9.17) is 31.2 Å². The number of benzene rings is 2. The van der Waals surface area contributed by atoms with Crippen LogP contribution in [0.4, 0.5) is 4.39 Å². The Balaban J connectivity index is 1.84. The van der Waals surface area contributed by atoms with Crippen molar-refractivity contribution in [1.29, 1.82) is 0 Å². The van der Waals surface area contributed by atoms with E-state index in [1.165, 1.54) is 45.5 Å². The second-order valence-electron chi connectivity index (χ2n) is 8.90. The number of carbonyl (C=O) groups excluding carboxylic acids is 2. The maximum absolute atomic E-state index is 14.0. The smallest absolute Gasteiger partial charge is 0.328 e. The second kappa shape index (κ2) is 13.1. The average Bonchev–Trinajstić information content (AvgIpc) is 2.90. The minimum Gasteiger partial charge on any atom is -0.496 e. The molecule has 0 radical (unpaired) electrons. The van der Waals surface area contributed by atoms with Gasteiger partial charge in [0.1, 0.15) is 34.4 Å². The van der Waals surface area contributed by atoms with Gasteiger partial charge in [-0.3, -0.25) is 4.79 Å². The van der Waals surface area contributed by atoms with Gasteiger partial charge in [-0.05, 0) is 32.4 Å². The van der Waals surface area contributed by atoms with E-state index in [1.54, 1.807) is 19.9 Å². The number of hydrogen-bond acceptors (Lipinski definition) is 8. The van der Waals surface area contributed by atoms with E-state index in [0.29, 0.717) is 11.3 Å². The Morgan fingerprint density at radius 2 is 1.67 bits per heavy atom. The average molecular weight is 555 g/mol. The van der Waals surface area contributed by atoms with Gasteiger partial charge < -0.3 is 24.3 Å². The molecule has 0 aliphatic rings. The van der Waals surface area contributed by atoms with Crippen molar-refractivity contribution in [3.63, 3.8) is 0 Å². The molecule has 3 atom stereocenters. The number of hydrogen-bond donors (Lipinski definition) is 1. The lowest BCUT2D eigenvalue weighted by atomic mass is 9.86. The SMILES string of the molecule is COc1cc(F)ccc1[C@H](c1ccc(C)cc1)[C@H](C)OC(=O)[C@H](C)NC(=S)c1nccc(OC)c1OC(C)=O. The van der Waals surface area contributed by atoms with Gasteiger partial charge >= 0.3 is 11.9 Å². The Morgan fingerprint density at radius 3 is 2.28 bits per heavy atom. The number of esters is 2. The number of aryl methyl sites for hydroxylation is 1. The molecule has 0 bridgehead atoms. The van der Waals surface area contributed by atoms with Crippen LogP contribution >= 0.6 is 12.2 Å². The van der Waals surface area contributed by atoms with Crippen molar-refractivity contribution in [2.75, 3.05) is 14.2 Å². The highest BCUT2D eigenvalue weighted by Crippen LogP contribution is 2.36. The third-order valence-corrected chi connectivity index (χ3v) is 6.30. The van der Waals surface area contributed by atoms with Crippen LogP contribution in [0.1, 0.15) is 49.1 Å². The van der Waals surface area contributed by atoms with Crippen LogP contribution in [0.5, 0.6) is 17.2 Å². The van der Waals surface area contributed by atoms with Crippen LogP contribution in [0.3, 0.4) is 0 Å². The maximum Gasteiger partial charge on any atom is 0.328 e. The minimum absolute atomic E-state index is 0.0433. The molecule has 1 aromatic heterocycles. The molecule has 0 amide bonds. The molecule has 0 aliphatic heterocycles. The van der Waals surface area contributed by atoms with E-state index in [-0.39, 0.29) is 22.2 Å². The number of nitrogens with one attached hydrogen (secondary N) is 1. The number of methoxy groups -OCH3 is 2. The molecule has 1 N–H and O–H groups in total. The summed E-state index contributed by atoms with van der Waals surface area (Å²) in [6.07, 6.45) is 0.784. The van der Waals surface area contributed by atoms with Crippen LogP contribution in [-0.4, -0.2) is 48.3 Å². The van der Waals surface area contributed by atoms with Crippen molar-refractivity contribution in [1.82, 2.24) is 10.3 Å². The summed E-state index contributed by atoms with van der Waals surface area (Å²) >= 11 is 5.46. The number of nitrogens with zero attached hydrogens (tertiary/aromatic N) is 1. The van der Waals surface area contributed by atoms with Gasteiger partial charge in [0, 0.05) is 36.7 Å². The van der Waals surface area contributed by atoms with Crippen molar-refractivity contribution in [3.05, 3.63) is 82.9 Å². The highest BCUT2D eigenvalue weighted by Gasteiger charge is 2.30. The molecule has 0 unspecified atom stereocenters. The third kappa shape index (κ3) is 7.29. The predicted octanol–water partition coefficient (Wildman–Crippen LogP) is 4.89. The molecule has 0 saturated carbocycles. The monoisotopic (exact) mass is 554 g/mol. The molecule has 8 nitrogen and oxygen atoms in total. The first-order valence-electron chi connectivity index (χ1n) is 12.2. The Bertz CT molecular complexity index is 1350. The van der Waals surface area contributed by atoms with Crippen molar-refractivity contribution in [2.45, 2.75) is 45.8 Å². The number of thiocarbonyl (C=S) groups is 1. The van der Waals surface area contributed by atoms with Crippen LogP contribution in [-0.2, 0) is 14.3 Å². The zero-order valence-corrected chi connectivity index (χ0v) is 23.4. The summed E-state index contributed by atoms with van der Waals surface area (Å²) in [5.74, 6) is -1.39. The van der Waals surface area contributed by atoms with E-state index in [1.807, 2.05) is 31.2 Å². The molecule has 0 fully saturated rings. The minimum atomic E-state index is -0.882. The van der Waals surface area contributed by atoms with Crippen LogP contribution in [0.2, 0.25) is 0 Å². The van der Waals surface area contributed by atoms with E-state index >= 15 is 0 Å². The summed E-state index contributed by atoms with van der Waals surface area (Å²) in [5, 5.41) is 2.90. The maximum atomic E-state index is 14.0. The predicted molar refractivity (Wildman–Crippen MR) is 148 cm³/mol. The molecule has 39 heavy (non-hydrogen) atoms. The van der Waals surface area contributed by atoms with Gasteiger partial charge in [-0.1, -0.05) is 48.1 Å². The first kappa shape index (κ1) is 29.5. The fourth-order valence-electron chi connectivity index (χ4n) is 4.09. The number of pyridine rings is 1. The Labute approximate surface area is 232 Å². The fourth-order valence-corrected chi connectivity index (χ4v) is 4.41. The largest absolute Gasteiger partial charge is 0.496 e. The number of halogens is 1. The van der Waals surface area contributed by atoms with Gasteiger partial charge in [0.15, 0.2) is 5.75 Å². The van der Waals surface area contributed by atoms with E-state index in [0.717, 1.165) is 11.1 Å². The Hall–Kier alpha value is -4.05. The normalized spacial score (nSPS) is 13.0. The molecule has 3 rings (SSSR count). The van der Waals surface area contributed by atoms with Gasteiger partial charge in [0.25, 0.3) is 0 Å². The van der Waals surface area contributed by atoms with Gasteiger partial charge in [-0.2, -0.15) is 0 Å². The molecule has 10 heteroatoms. The fraction of sp³-hybridized carbons (Fsp3) is 0.310. The molecule has 3 aromatic rings. The Kier molecular flexibility index (Phi) is 9.95. The van der Waals surface area contributed by atoms with Gasteiger partial charge in [-0.25, -0.2) is 14.2 Å². The van der Waals surface area contributed by atoms with E-state index < -0.39 is 35.8 Å². The molecule has 0 spiro atoms. The van der Waals surface area contributed by atoms with E-state index in [2.05, 4.69) is 10.3 Å². The first-order valence-corrected chi connectivity index (χ1v) is 12.6. The topological polar surface area (TPSA) is 96.0 Å². The van der Waals surface area contributed by atoms with Crippen LogP contribution in [0.15, 0.2) is 54.7 Å². The first-order chi connectivity index (χ1) is 18.5. The summed E-state index contributed by atoms with van der Waals surface area (Å²) in [6, 6.07) is 12.7. The van der Waals surface area contributed by atoms with Gasteiger partial charge in [0.05, 0.1) is 14.2 Å². The molecule has 0 aliphatic carbocycles. The molecular formula is C29H31FN2O6S.